The van der Waals surface area contributed by atoms with Gasteiger partial charge in [0, 0.05) is 23.8 Å². The number of imidazole rings is 1. The van der Waals surface area contributed by atoms with Crippen molar-refractivity contribution in [1.82, 2.24) is 9.55 Å². The Labute approximate surface area is 181 Å². The summed E-state index contributed by atoms with van der Waals surface area (Å²) in [7, 11) is 3.12. The van der Waals surface area contributed by atoms with Gasteiger partial charge < -0.3 is 19.9 Å². The summed E-state index contributed by atoms with van der Waals surface area (Å²) in [5, 5.41) is 0.696. The Hall–Kier alpha value is -3.85. The highest BCUT2D eigenvalue weighted by Crippen LogP contribution is 2.37. The maximum Gasteiger partial charge on any atom is 0.262 e. The summed E-state index contributed by atoms with van der Waals surface area (Å²) in [4.78, 5) is 28.0. The number of nitrogens with two attached hydrogens (primary N) is 1. The van der Waals surface area contributed by atoms with Crippen molar-refractivity contribution < 1.29 is 23.8 Å². The van der Waals surface area contributed by atoms with Gasteiger partial charge in [-0.1, -0.05) is 24.3 Å². The van der Waals surface area contributed by atoms with Gasteiger partial charge >= 0.3 is 0 Å². The number of benzene rings is 2. The molecule has 0 aliphatic carbocycles. The van der Waals surface area contributed by atoms with Gasteiger partial charge in [0.15, 0.2) is 11.5 Å². The van der Waals surface area contributed by atoms with Crippen LogP contribution in [-0.2, 0) is 6.61 Å². The van der Waals surface area contributed by atoms with Gasteiger partial charge in [0.05, 0.1) is 25.3 Å². The minimum atomic E-state index is -0.599. The zero-order valence-electron chi connectivity index (χ0n) is 16.8. The van der Waals surface area contributed by atoms with Crippen LogP contribution in [0.25, 0.3) is 16.0 Å². The molecule has 0 aliphatic rings. The molecule has 2 heterocycles. The normalized spacial score (nSPS) is 10.8. The Balaban J connectivity index is 1.72. The predicted molar refractivity (Wildman–Crippen MR) is 117 cm³/mol. The molecule has 0 fully saturated rings. The van der Waals surface area contributed by atoms with Crippen molar-refractivity contribution in [3.63, 3.8) is 0 Å². The first-order chi connectivity index (χ1) is 15.0. The molecule has 4 rings (SSSR count). The number of nitrogens with zero attached hydrogens (tertiary/aromatic N) is 2. The zero-order chi connectivity index (χ0) is 22.0. The Bertz CT molecular complexity index is 1280. The molecule has 4 aromatic rings. The van der Waals surface area contributed by atoms with Crippen LogP contribution in [0.4, 0.5) is 0 Å². The van der Waals surface area contributed by atoms with Crippen molar-refractivity contribution in [2.45, 2.75) is 6.61 Å². The minimum absolute atomic E-state index is 0.126. The average Bonchev–Trinajstić information content (AvgIpc) is 3.40. The molecule has 31 heavy (non-hydrogen) atoms. The third-order valence-electron chi connectivity index (χ3n) is 4.76. The lowest BCUT2D eigenvalue weighted by atomic mass is 10.1. The summed E-state index contributed by atoms with van der Waals surface area (Å²) in [5.41, 5.74) is 8.29. The maximum atomic E-state index is 12.0. The van der Waals surface area contributed by atoms with Crippen LogP contribution in [-0.4, -0.2) is 36.0 Å². The van der Waals surface area contributed by atoms with E-state index in [-0.39, 0.29) is 11.5 Å². The summed E-state index contributed by atoms with van der Waals surface area (Å²) in [6.07, 6.45) is 2.41. The summed E-state index contributed by atoms with van der Waals surface area (Å²) in [6.45, 7) is 0.126. The van der Waals surface area contributed by atoms with E-state index in [1.165, 1.54) is 11.3 Å². The predicted octanol–water partition coefficient (Wildman–Crippen LogP) is 3.59. The molecule has 9 heteroatoms. The summed E-state index contributed by atoms with van der Waals surface area (Å²) in [6, 6.07) is 12.4. The van der Waals surface area contributed by atoms with E-state index in [1.54, 1.807) is 50.9 Å². The molecule has 0 radical (unpaired) electrons. The van der Waals surface area contributed by atoms with E-state index < -0.39 is 5.91 Å². The third-order valence-corrected chi connectivity index (χ3v) is 5.89. The number of hydrogen-bond acceptors (Lipinski definition) is 7. The second-order valence-corrected chi connectivity index (χ2v) is 7.59. The fourth-order valence-corrected chi connectivity index (χ4v) is 4.15. The monoisotopic (exact) mass is 437 g/mol. The van der Waals surface area contributed by atoms with Crippen LogP contribution in [0, 0.1) is 0 Å². The molecular weight excluding hydrogens is 418 g/mol. The SMILES string of the molecule is COc1cc2ncn(-c3cc(OCc4ccccc4C=O)c(C(N)=O)s3)c2cc1OC. The van der Waals surface area contributed by atoms with E-state index >= 15 is 0 Å². The van der Waals surface area contributed by atoms with Crippen molar-refractivity contribution in [1.29, 1.82) is 0 Å². The first kappa shape index (κ1) is 20.4. The van der Waals surface area contributed by atoms with Crippen LogP contribution in [0.15, 0.2) is 48.8 Å². The van der Waals surface area contributed by atoms with Crippen LogP contribution in [0.2, 0.25) is 0 Å². The summed E-state index contributed by atoms with van der Waals surface area (Å²) < 4.78 is 18.4. The lowest BCUT2D eigenvalue weighted by molar-refractivity contribution is 0.0999. The molecule has 0 spiro atoms. The van der Waals surface area contributed by atoms with Gasteiger partial charge in [-0.15, -0.1) is 11.3 Å². The highest BCUT2D eigenvalue weighted by Gasteiger charge is 2.19. The Morgan fingerprint density at radius 3 is 2.58 bits per heavy atom. The molecular formula is C22H19N3O5S. The molecule has 8 nitrogen and oxygen atoms in total. The highest BCUT2D eigenvalue weighted by atomic mass is 32.1. The number of carbonyl (C=O) groups is 2. The van der Waals surface area contributed by atoms with Gasteiger partial charge in [-0.2, -0.15) is 0 Å². The zero-order valence-corrected chi connectivity index (χ0v) is 17.6. The highest BCUT2D eigenvalue weighted by molar-refractivity contribution is 7.16. The fourth-order valence-electron chi connectivity index (χ4n) is 3.21. The Kier molecular flexibility index (Phi) is 5.59. The first-order valence-electron chi connectivity index (χ1n) is 9.24. The number of methoxy groups -OCH3 is 2. The quantitative estimate of drug-likeness (QED) is 0.422. The lowest BCUT2D eigenvalue weighted by Crippen LogP contribution is -2.10. The third kappa shape index (κ3) is 3.82. The molecule has 0 saturated heterocycles. The van der Waals surface area contributed by atoms with E-state index in [1.807, 2.05) is 16.7 Å². The smallest absolute Gasteiger partial charge is 0.262 e. The number of aromatic nitrogens is 2. The molecule has 0 bridgehead atoms. The Morgan fingerprint density at radius 2 is 1.87 bits per heavy atom. The van der Waals surface area contributed by atoms with E-state index in [4.69, 9.17) is 19.9 Å². The molecule has 0 aliphatic heterocycles. The number of ether oxygens (including phenoxy) is 3. The van der Waals surface area contributed by atoms with Gasteiger partial charge in [0.2, 0.25) is 0 Å². The molecule has 158 valence electrons. The molecule has 0 unspecified atom stereocenters. The van der Waals surface area contributed by atoms with Gasteiger partial charge in [-0.05, 0) is 5.56 Å². The number of rotatable bonds is 8. The molecule has 1 amide bonds. The van der Waals surface area contributed by atoms with Gasteiger partial charge in [0.1, 0.15) is 34.8 Å². The largest absolute Gasteiger partial charge is 0.493 e. The second kappa shape index (κ2) is 8.49. The van der Waals surface area contributed by atoms with E-state index in [0.717, 1.165) is 11.8 Å². The van der Waals surface area contributed by atoms with Gasteiger partial charge in [-0.3, -0.25) is 14.2 Å². The fraction of sp³-hybridized carbons (Fsp3) is 0.136. The number of hydrogen-bond donors (Lipinski definition) is 1. The molecule has 2 N–H and O–H groups in total. The standard InChI is InChI=1S/C22H19N3O5S/c1-28-17-7-15-16(8-18(17)29-2)25(12-24-15)20-9-19(21(31-20)22(23)27)30-11-14-6-4-3-5-13(14)10-26/h3-10,12H,11H2,1-2H3,(H2,23,27). The van der Waals surface area contributed by atoms with Crippen LogP contribution in [0.3, 0.4) is 0 Å². The van der Waals surface area contributed by atoms with E-state index in [2.05, 4.69) is 4.98 Å². The van der Waals surface area contributed by atoms with Crippen LogP contribution in [0.5, 0.6) is 17.2 Å². The van der Waals surface area contributed by atoms with Gasteiger partial charge in [0.25, 0.3) is 5.91 Å². The number of aldehydes is 1. The van der Waals surface area contributed by atoms with Crippen LogP contribution in [0.1, 0.15) is 25.6 Å². The second-order valence-electron chi connectivity index (χ2n) is 6.56. The first-order valence-corrected chi connectivity index (χ1v) is 10.1. The minimum Gasteiger partial charge on any atom is -0.493 e. The van der Waals surface area contributed by atoms with Crippen molar-refractivity contribution >= 4 is 34.6 Å². The van der Waals surface area contributed by atoms with Crippen molar-refractivity contribution in [3.05, 3.63) is 64.8 Å². The topological polar surface area (TPSA) is 106 Å². The number of amides is 1. The number of fused-ring (bicyclic) bond motifs is 1. The number of carbonyl (C=O) groups excluding carboxylic acids is 2. The maximum absolute atomic E-state index is 12.0. The number of thiophene rings is 1. The average molecular weight is 437 g/mol. The van der Waals surface area contributed by atoms with E-state index in [0.29, 0.717) is 38.9 Å². The van der Waals surface area contributed by atoms with Crippen LogP contribution >= 0.6 is 11.3 Å². The van der Waals surface area contributed by atoms with Gasteiger partial charge in [-0.25, -0.2) is 4.98 Å². The number of primary amides is 1. The van der Waals surface area contributed by atoms with Crippen LogP contribution < -0.4 is 19.9 Å². The summed E-state index contributed by atoms with van der Waals surface area (Å²) >= 11 is 1.19. The lowest BCUT2D eigenvalue weighted by Gasteiger charge is -2.08. The van der Waals surface area contributed by atoms with Crippen molar-refractivity contribution in [2.75, 3.05) is 14.2 Å². The van der Waals surface area contributed by atoms with Crippen molar-refractivity contribution in [3.8, 4) is 22.2 Å². The van der Waals surface area contributed by atoms with E-state index in [9.17, 15) is 9.59 Å². The molecule has 0 atom stereocenters. The molecule has 0 saturated carbocycles. The molecule has 2 aromatic heterocycles. The van der Waals surface area contributed by atoms with Crippen molar-refractivity contribution in [2.24, 2.45) is 5.73 Å². The Morgan fingerprint density at radius 1 is 1.13 bits per heavy atom. The molecule has 2 aromatic carbocycles. The summed E-state index contributed by atoms with van der Waals surface area (Å²) in [5.74, 6) is 0.876.